The Bertz CT molecular complexity index is 1740. The summed E-state index contributed by atoms with van der Waals surface area (Å²) in [5.74, 6) is 4.35. The fraction of sp³-hybridized carbons (Fsp3) is 0.429. The molecule has 4 aromatic carbocycles. The third kappa shape index (κ3) is 5.44. The van der Waals surface area contributed by atoms with Crippen molar-refractivity contribution in [3.05, 3.63) is 114 Å². The molecule has 0 saturated heterocycles. The molecule has 1 aliphatic heterocycles. The van der Waals surface area contributed by atoms with Crippen LogP contribution in [0.15, 0.2) is 97.1 Å². The largest absolute Gasteiger partial charge is 0.456 e. The van der Waals surface area contributed by atoms with Gasteiger partial charge in [0.2, 0.25) is 0 Å². The SMILES string of the molecule is CC1(C)c2cccc([C@@H](N[S@](=O)C(C)(C)C)C34CC5CC(CC(C5)C3)C4)c2Oc2c(P(c3ccccc3)c3ccccc3)cccc21. The summed E-state index contributed by atoms with van der Waals surface area (Å²) in [4.78, 5) is 0. The molecule has 5 aliphatic rings. The highest BCUT2D eigenvalue weighted by Gasteiger charge is 2.56. The van der Waals surface area contributed by atoms with Gasteiger partial charge in [0, 0.05) is 27.4 Å². The van der Waals surface area contributed by atoms with Gasteiger partial charge in [0.25, 0.3) is 0 Å². The summed E-state index contributed by atoms with van der Waals surface area (Å²) in [6, 6.07) is 35.4. The summed E-state index contributed by atoms with van der Waals surface area (Å²) < 4.78 is 24.9. The number of benzene rings is 4. The number of hydrogen-bond donors (Lipinski definition) is 1. The van der Waals surface area contributed by atoms with Gasteiger partial charge in [-0.15, -0.1) is 0 Å². The molecule has 9 rings (SSSR count). The zero-order chi connectivity index (χ0) is 32.6. The maximum Gasteiger partial charge on any atom is 0.139 e. The zero-order valence-corrected chi connectivity index (χ0v) is 30.2. The van der Waals surface area contributed by atoms with Crippen LogP contribution in [-0.4, -0.2) is 8.96 Å². The van der Waals surface area contributed by atoms with E-state index in [1.54, 1.807) is 0 Å². The Kier molecular flexibility index (Phi) is 7.82. The highest BCUT2D eigenvalue weighted by atomic mass is 32.2. The number of nitrogens with one attached hydrogen (secondary N) is 1. The maximum absolute atomic E-state index is 14.1. The second-order valence-electron chi connectivity index (χ2n) is 16.3. The quantitative estimate of drug-likeness (QED) is 0.201. The van der Waals surface area contributed by atoms with Crippen LogP contribution in [0.4, 0.5) is 0 Å². The Morgan fingerprint density at radius 2 is 1.23 bits per heavy atom. The van der Waals surface area contributed by atoms with Crippen molar-refractivity contribution in [2.24, 2.45) is 23.2 Å². The van der Waals surface area contributed by atoms with Crippen LogP contribution in [0, 0.1) is 23.2 Å². The van der Waals surface area contributed by atoms with E-state index in [0.717, 1.165) is 29.3 Å². The summed E-state index contributed by atoms with van der Waals surface area (Å²) in [5, 5.41) is 3.88. The predicted octanol–water partition coefficient (Wildman–Crippen LogP) is 9.19. The molecular weight excluding hydrogens is 614 g/mol. The van der Waals surface area contributed by atoms with Gasteiger partial charge in [-0.25, -0.2) is 8.93 Å². The van der Waals surface area contributed by atoms with Crippen molar-refractivity contribution in [2.75, 3.05) is 0 Å². The molecule has 5 heteroatoms. The summed E-state index contributed by atoms with van der Waals surface area (Å²) in [6.45, 7) is 11.0. The third-order valence-corrected chi connectivity index (χ3v) is 15.7. The highest BCUT2D eigenvalue weighted by molar-refractivity contribution is 7.84. The van der Waals surface area contributed by atoms with Crippen LogP contribution in [0.3, 0.4) is 0 Å². The number of rotatable bonds is 7. The smallest absolute Gasteiger partial charge is 0.139 e. The summed E-state index contributed by atoms with van der Waals surface area (Å²) >= 11 is 0. The molecule has 244 valence electrons. The van der Waals surface area contributed by atoms with Crippen LogP contribution in [0.1, 0.15) is 95.9 Å². The molecule has 0 radical (unpaired) electrons. The number of para-hydroxylation sites is 2. The molecule has 47 heavy (non-hydrogen) atoms. The van der Waals surface area contributed by atoms with E-state index in [0.29, 0.717) is 0 Å². The van der Waals surface area contributed by atoms with E-state index >= 15 is 0 Å². The van der Waals surface area contributed by atoms with Gasteiger partial charge in [-0.2, -0.15) is 0 Å². The Labute approximate surface area is 285 Å². The lowest BCUT2D eigenvalue weighted by atomic mass is 9.47. The van der Waals surface area contributed by atoms with E-state index in [1.165, 1.54) is 71.1 Å². The average Bonchev–Trinajstić information content (AvgIpc) is 3.04. The van der Waals surface area contributed by atoms with Gasteiger partial charge in [0.1, 0.15) is 11.5 Å². The lowest BCUT2D eigenvalue weighted by Crippen LogP contribution is -2.53. The van der Waals surface area contributed by atoms with Crippen LogP contribution in [0.2, 0.25) is 0 Å². The second-order valence-corrected chi connectivity index (χ2v) is 20.5. The Hall–Kier alpha value is -2.78. The van der Waals surface area contributed by atoms with Crippen LogP contribution < -0.4 is 25.4 Å². The minimum Gasteiger partial charge on any atom is -0.456 e. The molecule has 2 atom stereocenters. The fourth-order valence-electron chi connectivity index (χ4n) is 9.85. The molecule has 4 saturated carbocycles. The highest BCUT2D eigenvalue weighted by Crippen LogP contribution is 2.65. The van der Waals surface area contributed by atoms with Gasteiger partial charge < -0.3 is 4.74 Å². The molecular formula is C42H48NO2PS. The summed E-state index contributed by atoms with van der Waals surface area (Å²) in [6.07, 6.45) is 7.80. The van der Waals surface area contributed by atoms with E-state index in [1.807, 2.05) is 0 Å². The van der Waals surface area contributed by atoms with Gasteiger partial charge in [-0.3, -0.25) is 0 Å². The second kappa shape index (κ2) is 11.7. The van der Waals surface area contributed by atoms with E-state index in [2.05, 4.69) is 136 Å². The first-order valence-electron chi connectivity index (χ1n) is 17.6. The van der Waals surface area contributed by atoms with Crippen molar-refractivity contribution in [1.29, 1.82) is 0 Å². The lowest BCUT2D eigenvalue weighted by Gasteiger charge is -2.59. The molecule has 4 fully saturated rings. The Morgan fingerprint density at radius 3 is 1.77 bits per heavy atom. The van der Waals surface area contributed by atoms with Crippen LogP contribution in [0.25, 0.3) is 0 Å². The fourth-order valence-corrected chi connectivity index (χ4v) is 13.2. The molecule has 4 aliphatic carbocycles. The first kappa shape index (κ1) is 31.5. The van der Waals surface area contributed by atoms with Crippen molar-refractivity contribution in [2.45, 2.75) is 89.3 Å². The summed E-state index contributed by atoms with van der Waals surface area (Å²) in [5.41, 5.74) is 3.48. The normalized spacial score (nSPS) is 26.7. The number of fused-ring (bicyclic) bond motifs is 2. The topological polar surface area (TPSA) is 38.3 Å². The first-order chi connectivity index (χ1) is 22.5. The number of ether oxygens (including phenoxy) is 1. The predicted molar refractivity (Wildman–Crippen MR) is 198 cm³/mol. The molecule has 1 N–H and O–H groups in total. The molecule has 4 aromatic rings. The van der Waals surface area contributed by atoms with E-state index < -0.39 is 18.9 Å². The molecule has 0 unspecified atom stereocenters. The maximum atomic E-state index is 14.1. The molecule has 0 spiro atoms. The van der Waals surface area contributed by atoms with Gasteiger partial charge in [-0.1, -0.05) is 111 Å². The van der Waals surface area contributed by atoms with Crippen molar-refractivity contribution in [3.8, 4) is 11.5 Å². The molecule has 4 bridgehead atoms. The van der Waals surface area contributed by atoms with E-state index in [9.17, 15) is 4.21 Å². The van der Waals surface area contributed by atoms with Crippen LogP contribution >= 0.6 is 7.92 Å². The Balaban J connectivity index is 1.30. The Morgan fingerprint density at radius 1 is 0.723 bits per heavy atom. The molecule has 3 nitrogen and oxygen atoms in total. The van der Waals surface area contributed by atoms with Crippen molar-refractivity contribution < 1.29 is 8.95 Å². The zero-order valence-electron chi connectivity index (χ0n) is 28.5. The third-order valence-electron chi connectivity index (χ3n) is 11.7. The standard InChI is InChI=1S/C42H48NO2PS/c1-40(2,3)47(44)43-39(42-25-28-22-29(26-42)24-30(23-28)27-42)33-18-12-19-34-37(33)45-38-35(41(34,4)5)20-13-21-36(38)46(31-14-8-6-9-15-31)32-16-10-7-11-17-32/h6-21,28-30,39,43H,22-27H2,1-5H3/t28?,29?,30?,39-,42?,47-/m1/s1. The minimum atomic E-state index is -1.21. The van der Waals surface area contributed by atoms with E-state index in [-0.39, 0.29) is 21.6 Å². The van der Waals surface area contributed by atoms with Crippen LogP contribution in [0.5, 0.6) is 11.5 Å². The average molecular weight is 662 g/mol. The van der Waals surface area contributed by atoms with Gasteiger partial charge >= 0.3 is 0 Å². The number of hydrogen-bond acceptors (Lipinski definition) is 2. The van der Waals surface area contributed by atoms with Crippen molar-refractivity contribution >= 4 is 34.8 Å². The lowest BCUT2D eigenvalue weighted by molar-refractivity contribution is -0.0709. The molecule has 1 heterocycles. The van der Waals surface area contributed by atoms with Crippen LogP contribution in [-0.2, 0) is 16.4 Å². The van der Waals surface area contributed by atoms with Gasteiger partial charge in [0.15, 0.2) is 0 Å². The minimum absolute atomic E-state index is 0.0276. The van der Waals surface area contributed by atoms with E-state index in [4.69, 9.17) is 4.74 Å². The summed E-state index contributed by atoms with van der Waals surface area (Å²) in [7, 11) is -2.07. The first-order valence-corrected chi connectivity index (χ1v) is 20.1. The van der Waals surface area contributed by atoms with Gasteiger partial charge in [-0.05, 0) is 101 Å². The molecule has 0 amide bonds. The van der Waals surface area contributed by atoms with Crippen molar-refractivity contribution in [3.63, 3.8) is 0 Å². The monoisotopic (exact) mass is 661 g/mol. The van der Waals surface area contributed by atoms with Gasteiger partial charge in [0.05, 0.1) is 21.8 Å². The molecule has 0 aromatic heterocycles. The van der Waals surface area contributed by atoms with Crippen molar-refractivity contribution in [1.82, 2.24) is 4.72 Å².